The van der Waals surface area contributed by atoms with Gasteiger partial charge in [-0.3, -0.25) is 0 Å². The number of hydrogen-bond donors (Lipinski definition) is 0. The Labute approximate surface area is 270 Å². The van der Waals surface area contributed by atoms with E-state index in [0.29, 0.717) is 54.1 Å². The molecule has 0 radical (unpaired) electrons. The van der Waals surface area contributed by atoms with E-state index in [0.717, 1.165) is 20.1 Å². The number of benzene rings is 4. The van der Waals surface area contributed by atoms with E-state index in [1.165, 1.54) is 0 Å². The molecule has 0 unspecified atom stereocenters. The summed E-state index contributed by atoms with van der Waals surface area (Å²) in [6.07, 6.45) is 0. The summed E-state index contributed by atoms with van der Waals surface area (Å²) < 4.78 is 49.2. The molecule has 3 heterocycles. The molecule has 0 N–H and O–H groups in total. The number of nitrogens with zero attached hydrogens (tertiary/aromatic N) is 3. The van der Waals surface area contributed by atoms with E-state index in [2.05, 4.69) is 31.9 Å². The second-order valence-corrected chi connectivity index (χ2v) is 11.9. The topological polar surface area (TPSA) is 38.8 Å². The van der Waals surface area contributed by atoms with E-state index in [1.807, 2.05) is 109 Å². The van der Waals surface area contributed by atoms with E-state index >= 15 is 8.63 Å². The third kappa shape index (κ3) is 4.38. The predicted molar refractivity (Wildman–Crippen MR) is 180 cm³/mol. The molecule has 0 amide bonds. The third-order valence-corrected chi connectivity index (χ3v) is 9.47. The average molecular weight is 715 g/mol. The van der Waals surface area contributed by atoms with Crippen molar-refractivity contribution >= 4 is 61.8 Å². The third-order valence-electron chi connectivity index (χ3n) is 7.93. The van der Waals surface area contributed by atoms with Gasteiger partial charge in [-0.2, -0.15) is 0 Å². The minimum absolute atomic E-state index is 0.165. The summed E-state index contributed by atoms with van der Waals surface area (Å²) in [5.41, 5.74) is 4.57. The highest BCUT2D eigenvalue weighted by atomic mass is 79.9. The second kappa shape index (κ2) is 11.0. The van der Waals surface area contributed by atoms with Crippen molar-refractivity contribution < 1.29 is 22.6 Å². The maximum absolute atomic E-state index is 17.6. The van der Waals surface area contributed by atoms with Crippen LogP contribution in [0.25, 0.3) is 28.0 Å². The van der Waals surface area contributed by atoms with Crippen LogP contribution >= 0.6 is 31.9 Å². The fourth-order valence-corrected chi connectivity index (χ4v) is 7.54. The number of ether oxygens (including phenoxy) is 2. The Kier molecular flexibility index (Phi) is 7.13. The molecule has 218 valence electrons. The van der Waals surface area contributed by atoms with Crippen LogP contribution < -0.4 is 9.47 Å². The monoisotopic (exact) mass is 713 g/mol. The van der Waals surface area contributed by atoms with Gasteiger partial charge < -0.3 is 27.1 Å². The first kappa shape index (κ1) is 28.5. The lowest BCUT2D eigenvalue weighted by atomic mass is 9.90. The molecule has 0 aliphatic carbocycles. The van der Waals surface area contributed by atoms with Crippen LogP contribution in [0.3, 0.4) is 0 Å². The standard InChI is InChI=1S/C34H24BBr2F2N3O2/c1-43-25-17-13-21(14-18-25)27-29(36)31(23-9-5-3-6-10-23)41-33(27)40-34-28(22-15-19-26(44-2)20-16-22)30(37)32(42(34)35(41,38)39)24-11-7-4-8-12-24/h3-20H,1-2H3. The van der Waals surface area contributed by atoms with Crippen LogP contribution in [0.2, 0.25) is 0 Å². The Hall–Kier alpha value is -4.28. The number of halogens is 4. The van der Waals surface area contributed by atoms with Gasteiger partial charge >= 0.3 is 6.97 Å². The average Bonchev–Trinajstić information content (AvgIpc) is 3.53. The number of methoxy groups -OCH3 is 2. The Morgan fingerprint density at radius 2 is 1.20 bits per heavy atom. The number of amidine groups is 1. The quantitative estimate of drug-likeness (QED) is 0.165. The molecule has 0 fully saturated rings. The summed E-state index contributed by atoms with van der Waals surface area (Å²) in [6, 6.07) is 33.1. The van der Waals surface area contributed by atoms with E-state index in [1.54, 1.807) is 14.2 Å². The number of rotatable bonds is 6. The lowest BCUT2D eigenvalue weighted by Crippen LogP contribution is -2.53. The smallest absolute Gasteiger partial charge is 0.497 e. The highest BCUT2D eigenvalue weighted by Gasteiger charge is 2.55. The van der Waals surface area contributed by atoms with Crippen LogP contribution in [-0.2, 0) is 0 Å². The number of aliphatic imine (C=N–C) groups is 1. The van der Waals surface area contributed by atoms with Crippen LogP contribution in [0, 0.1) is 0 Å². The van der Waals surface area contributed by atoms with Crippen LogP contribution in [0.5, 0.6) is 11.5 Å². The predicted octanol–water partition coefficient (Wildman–Crippen LogP) is 9.19. The molecule has 7 rings (SSSR count). The molecule has 1 aromatic heterocycles. The van der Waals surface area contributed by atoms with Crippen molar-refractivity contribution in [1.82, 2.24) is 4.48 Å². The van der Waals surface area contributed by atoms with Crippen molar-refractivity contribution in [3.63, 3.8) is 0 Å². The van der Waals surface area contributed by atoms with Crippen molar-refractivity contribution in [2.45, 2.75) is 0 Å². The van der Waals surface area contributed by atoms with Gasteiger partial charge in [-0.1, -0.05) is 84.9 Å². The largest absolute Gasteiger partial charge is 0.642 e. The number of hydrogen-bond acceptors (Lipinski definition) is 3. The SMILES string of the molecule is COc1ccc(C2=C(Br)C(c3ccccc3)=[N+]3C2=Nc2c(-c4ccc(OC)cc4)c(Br)c(-c4ccccc4)n2[B-]3(F)F)cc1. The van der Waals surface area contributed by atoms with Crippen molar-refractivity contribution in [3.8, 4) is 33.9 Å². The Balaban J connectivity index is 1.58. The molecule has 0 saturated heterocycles. The first-order chi connectivity index (χ1) is 21.3. The normalized spacial score (nSPS) is 15.2. The van der Waals surface area contributed by atoms with E-state index in [9.17, 15) is 0 Å². The van der Waals surface area contributed by atoms with Crippen molar-refractivity contribution in [2.75, 3.05) is 14.2 Å². The van der Waals surface area contributed by atoms with E-state index in [4.69, 9.17) is 14.5 Å². The second-order valence-electron chi connectivity index (χ2n) is 10.4. The van der Waals surface area contributed by atoms with Crippen molar-refractivity contribution in [3.05, 3.63) is 129 Å². The first-order valence-corrected chi connectivity index (χ1v) is 15.4. The fourth-order valence-electron chi connectivity index (χ4n) is 5.89. The van der Waals surface area contributed by atoms with Gasteiger partial charge in [-0.25, -0.2) is 0 Å². The lowest BCUT2D eigenvalue weighted by molar-refractivity contribution is -0.291. The van der Waals surface area contributed by atoms with E-state index in [-0.39, 0.29) is 11.7 Å². The maximum Gasteiger partial charge on any atom is 0.642 e. The number of fused-ring (bicyclic) bond motifs is 2. The summed E-state index contributed by atoms with van der Waals surface area (Å²) in [5, 5.41) is 0. The van der Waals surface area contributed by atoms with Crippen LogP contribution in [-0.4, -0.2) is 41.7 Å². The first-order valence-electron chi connectivity index (χ1n) is 13.9. The van der Waals surface area contributed by atoms with Gasteiger partial charge in [0, 0.05) is 11.3 Å². The number of aromatic nitrogens is 1. The van der Waals surface area contributed by atoms with Gasteiger partial charge in [0.05, 0.1) is 34.3 Å². The molecule has 10 heteroatoms. The summed E-state index contributed by atoms with van der Waals surface area (Å²) in [4.78, 5) is 5.10. The molecular weight excluding hydrogens is 691 g/mol. The summed E-state index contributed by atoms with van der Waals surface area (Å²) in [6.45, 7) is -4.47. The van der Waals surface area contributed by atoms with Gasteiger partial charge in [0.15, 0.2) is 0 Å². The zero-order chi connectivity index (χ0) is 30.6. The summed E-state index contributed by atoms with van der Waals surface area (Å²) >= 11 is 7.49. The molecule has 4 aromatic carbocycles. The molecule has 0 atom stereocenters. The van der Waals surface area contributed by atoms with Crippen LogP contribution in [0.4, 0.5) is 14.4 Å². The lowest BCUT2D eigenvalue weighted by Gasteiger charge is -2.32. The summed E-state index contributed by atoms with van der Waals surface area (Å²) in [7, 11) is 3.18. The van der Waals surface area contributed by atoms with Crippen LogP contribution in [0.1, 0.15) is 11.1 Å². The van der Waals surface area contributed by atoms with Crippen LogP contribution in [0.15, 0.2) is 123 Å². The minimum atomic E-state index is -4.47. The Morgan fingerprint density at radius 3 is 1.75 bits per heavy atom. The molecule has 0 bridgehead atoms. The Morgan fingerprint density at radius 1 is 0.682 bits per heavy atom. The van der Waals surface area contributed by atoms with Crippen molar-refractivity contribution in [2.24, 2.45) is 4.99 Å². The molecule has 2 aliphatic heterocycles. The van der Waals surface area contributed by atoms with Gasteiger partial charge in [0.25, 0.3) is 5.84 Å². The maximum atomic E-state index is 17.6. The van der Waals surface area contributed by atoms with Gasteiger partial charge in [0.2, 0.25) is 5.82 Å². The zero-order valence-corrected chi connectivity index (χ0v) is 26.8. The highest BCUT2D eigenvalue weighted by molar-refractivity contribution is 9.12. The zero-order valence-electron chi connectivity index (χ0n) is 23.6. The fraction of sp³-hybridized carbons (Fsp3) is 0.0588. The molecule has 2 aliphatic rings. The summed E-state index contributed by atoms with van der Waals surface area (Å²) in [5.74, 6) is 1.66. The molecule has 5 nitrogen and oxygen atoms in total. The molecule has 44 heavy (non-hydrogen) atoms. The van der Waals surface area contributed by atoms with Gasteiger partial charge in [-0.05, 0) is 77.8 Å². The van der Waals surface area contributed by atoms with Crippen molar-refractivity contribution in [1.29, 1.82) is 0 Å². The molecule has 5 aromatic rings. The molecular formula is C34H24BBr2F2N3O2. The van der Waals surface area contributed by atoms with E-state index < -0.39 is 6.97 Å². The Bertz CT molecular complexity index is 2010. The number of allylic oxidation sites excluding steroid dienone is 1. The van der Waals surface area contributed by atoms with Gasteiger partial charge in [-0.15, -0.1) is 0 Å². The highest BCUT2D eigenvalue weighted by Crippen LogP contribution is 2.52. The minimum Gasteiger partial charge on any atom is -0.497 e. The molecule has 0 saturated carbocycles. The molecule has 0 spiro atoms. The van der Waals surface area contributed by atoms with Gasteiger partial charge in [0.1, 0.15) is 17.2 Å².